The molecule has 3 nitrogen and oxygen atoms in total. The standard InChI is InChI=1S/C12H16Cl2N2O/c1-8(15-5-6-16-9(2)17)10-3-4-11(13)12(14)7-10/h3-4,7-8,15H,5-6H2,1-2H3,(H,16,17). The van der Waals surface area contributed by atoms with E-state index in [1.54, 1.807) is 6.07 Å². The number of halogens is 2. The van der Waals surface area contributed by atoms with Gasteiger partial charge in [-0.1, -0.05) is 29.3 Å². The van der Waals surface area contributed by atoms with Gasteiger partial charge in [0.1, 0.15) is 0 Å². The molecular weight excluding hydrogens is 259 g/mol. The predicted octanol–water partition coefficient (Wildman–Crippen LogP) is 2.78. The van der Waals surface area contributed by atoms with Crippen molar-refractivity contribution in [2.45, 2.75) is 19.9 Å². The van der Waals surface area contributed by atoms with Crippen molar-refractivity contribution < 1.29 is 4.79 Å². The van der Waals surface area contributed by atoms with E-state index in [-0.39, 0.29) is 11.9 Å². The molecule has 0 spiro atoms. The second kappa shape index (κ2) is 6.84. The molecule has 94 valence electrons. The third-order valence-electron chi connectivity index (χ3n) is 2.39. The van der Waals surface area contributed by atoms with Gasteiger partial charge in [-0.15, -0.1) is 0 Å². The molecule has 0 heterocycles. The molecule has 0 bridgehead atoms. The molecule has 0 aliphatic rings. The summed E-state index contributed by atoms with van der Waals surface area (Å²) in [6.45, 7) is 4.86. The topological polar surface area (TPSA) is 41.1 Å². The van der Waals surface area contributed by atoms with E-state index in [0.29, 0.717) is 23.1 Å². The second-order valence-corrected chi connectivity index (χ2v) is 4.65. The van der Waals surface area contributed by atoms with Gasteiger partial charge in [0.25, 0.3) is 0 Å². The van der Waals surface area contributed by atoms with E-state index in [1.807, 2.05) is 19.1 Å². The first-order chi connectivity index (χ1) is 8.00. The Labute approximate surface area is 111 Å². The monoisotopic (exact) mass is 274 g/mol. The van der Waals surface area contributed by atoms with Crippen LogP contribution in [0.25, 0.3) is 0 Å². The smallest absolute Gasteiger partial charge is 0.216 e. The van der Waals surface area contributed by atoms with Crippen molar-refractivity contribution in [1.29, 1.82) is 0 Å². The Bertz CT molecular complexity index is 396. The summed E-state index contributed by atoms with van der Waals surface area (Å²) in [6.07, 6.45) is 0. The third-order valence-corrected chi connectivity index (χ3v) is 3.13. The van der Waals surface area contributed by atoms with Crippen LogP contribution < -0.4 is 10.6 Å². The summed E-state index contributed by atoms with van der Waals surface area (Å²) in [5.74, 6) is -0.0195. The largest absolute Gasteiger partial charge is 0.355 e. The first-order valence-electron chi connectivity index (χ1n) is 5.43. The summed E-state index contributed by atoms with van der Waals surface area (Å²) in [5.41, 5.74) is 1.07. The van der Waals surface area contributed by atoms with Crippen molar-refractivity contribution in [2.24, 2.45) is 0 Å². The zero-order chi connectivity index (χ0) is 12.8. The van der Waals surface area contributed by atoms with Crippen LogP contribution in [0.4, 0.5) is 0 Å². The van der Waals surface area contributed by atoms with Gasteiger partial charge in [0.05, 0.1) is 10.0 Å². The van der Waals surface area contributed by atoms with E-state index in [0.717, 1.165) is 5.56 Å². The Balaban J connectivity index is 2.44. The number of amides is 1. The number of benzene rings is 1. The fourth-order valence-electron chi connectivity index (χ4n) is 1.43. The van der Waals surface area contributed by atoms with E-state index in [2.05, 4.69) is 10.6 Å². The van der Waals surface area contributed by atoms with Crippen LogP contribution >= 0.6 is 23.2 Å². The van der Waals surface area contributed by atoms with Crippen LogP contribution in [0.5, 0.6) is 0 Å². The molecule has 0 aliphatic heterocycles. The van der Waals surface area contributed by atoms with Crippen molar-refractivity contribution in [3.8, 4) is 0 Å². The van der Waals surface area contributed by atoms with Gasteiger partial charge >= 0.3 is 0 Å². The predicted molar refractivity (Wildman–Crippen MR) is 71.6 cm³/mol. The number of rotatable bonds is 5. The number of nitrogens with one attached hydrogen (secondary N) is 2. The van der Waals surface area contributed by atoms with Crippen molar-refractivity contribution >= 4 is 29.1 Å². The van der Waals surface area contributed by atoms with E-state index in [1.165, 1.54) is 6.92 Å². The lowest BCUT2D eigenvalue weighted by Crippen LogP contribution is -2.31. The Hall–Kier alpha value is -0.770. The molecule has 0 aliphatic carbocycles. The molecule has 2 N–H and O–H groups in total. The maximum atomic E-state index is 10.7. The number of hydrogen-bond donors (Lipinski definition) is 2. The van der Waals surface area contributed by atoms with Crippen LogP contribution in [0.1, 0.15) is 25.5 Å². The lowest BCUT2D eigenvalue weighted by molar-refractivity contribution is -0.118. The molecule has 1 rings (SSSR count). The van der Waals surface area contributed by atoms with Crippen molar-refractivity contribution in [3.05, 3.63) is 33.8 Å². The number of carbonyl (C=O) groups excluding carboxylic acids is 1. The Morgan fingerprint density at radius 2 is 2.00 bits per heavy atom. The highest BCUT2D eigenvalue weighted by Crippen LogP contribution is 2.25. The van der Waals surface area contributed by atoms with Crippen LogP contribution in [0, 0.1) is 0 Å². The van der Waals surface area contributed by atoms with Crippen molar-refractivity contribution in [3.63, 3.8) is 0 Å². The summed E-state index contributed by atoms with van der Waals surface area (Å²) >= 11 is 11.8. The second-order valence-electron chi connectivity index (χ2n) is 3.83. The SMILES string of the molecule is CC(=O)NCCNC(C)c1ccc(Cl)c(Cl)c1. The molecule has 1 aromatic rings. The van der Waals surface area contributed by atoms with Gasteiger partial charge in [0.15, 0.2) is 0 Å². The van der Waals surface area contributed by atoms with E-state index < -0.39 is 0 Å². The minimum Gasteiger partial charge on any atom is -0.355 e. The van der Waals surface area contributed by atoms with Crippen molar-refractivity contribution in [1.82, 2.24) is 10.6 Å². The summed E-state index contributed by atoms with van der Waals surface area (Å²) in [6, 6.07) is 5.73. The lowest BCUT2D eigenvalue weighted by Gasteiger charge is -2.15. The molecule has 1 unspecified atom stereocenters. The van der Waals surface area contributed by atoms with Crippen molar-refractivity contribution in [2.75, 3.05) is 13.1 Å². The minimum absolute atomic E-state index is 0.0195. The third kappa shape index (κ3) is 4.94. The van der Waals surface area contributed by atoms with E-state index in [4.69, 9.17) is 23.2 Å². The molecular formula is C12H16Cl2N2O. The highest BCUT2D eigenvalue weighted by Gasteiger charge is 2.06. The molecule has 0 fully saturated rings. The van der Waals surface area contributed by atoms with Crippen LogP contribution in [0.3, 0.4) is 0 Å². The summed E-state index contributed by atoms with van der Waals surface area (Å²) in [7, 11) is 0. The van der Waals surface area contributed by atoms with E-state index in [9.17, 15) is 4.79 Å². The van der Waals surface area contributed by atoms with Crippen LogP contribution in [0.2, 0.25) is 10.0 Å². The molecule has 0 aromatic heterocycles. The normalized spacial score (nSPS) is 12.2. The van der Waals surface area contributed by atoms with E-state index >= 15 is 0 Å². The first-order valence-corrected chi connectivity index (χ1v) is 6.19. The van der Waals surface area contributed by atoms with Crippen LogP contribution in [-0.4, -0.2) is 19.0 Å². The molecule has 0 radical (unpaired) electrons. The highest BCUT2D eigenvalue weighted by molar-refractivity contribution is 6.42. The molecule has 5 heteroatoms. The summed E-state index contributed by atoms with van der Waals surface area (Å²) < 4.78 is 0. The van der Waals surface area contributed by atoms with Gasteiger partial charge in [0, 0.05) is 26.1 Å². The Morgan fingerprint density at radius 1 is 1.29 bits per heavy atom. The molecule has 0 saturated carbocycles. The number of carbonyl (C=O) groups is 1. The Morgan fingerprint density at radius 3 is 2.59 bits per heavy atom. The Kier molecular flexibility index (Phi) is 5.75. The fourth-order valence-corrected chi connectivity index (χ4v) is 1.73. The van der Waals surface area contributed by atoms with Gasteiger partial charge in [-0.05, 0) is 24.6 Å². The zero-order valence-electron chi connectivity index (χ0n) is 9.89. The van der Waals surface area contributed by atoms with Gasteiger partial charge in [-0.2, -0.15) is 0 Å². The summed E-state index contributed by atoms with van der Waals surface area (Å²) in [5, 5.41) is 7.12. The average molecular weight is 275 g/mol. The molecule has 0 saturated heterocycles. The molecule has 1 atom stereocenters. The maximum Gasteiger partial charge on any atom is 0.216 e. The highest BCUT2D eigenvalue weighted by atomic mass is 35.5. The van der Waals surface area contributed by atoms with Gasteiger partial charge in [-0.3, -0.25) is 4.79 Å². The van der Waals surface area contributed by atoms with Gasteiger partial charge in [-0.25, -0.2) is 0 Å². The summed E-state index contributed by atoms with van der Waals surface area (Å²) in [4.78, 5) is 10.7. The minimum atomic E-state index is -0.0195. The van der Waals surface area contributed by atoms with Crippen LogP contribution in [0.15, 0.2) is 18.2 Å². The average Bonchev–Trinajstić information content (AvgIpc) is 2.27. The van der Waals surface area contributed by atoms with Gasteiger partial charge < -0.3 is 10.6 Å². The quantitative estimate of drug-likeness (QED) is 0.811. The fraction of sp³-hybridized carbons (Fsp3) is 0.417. The molecule has 17 heavy (non-hydrogen) atoms. The number of hydrogen-bond acceptors (Lipinski definition) is 2. The zero-order valence-corrected chi connectivity index (χ0v) is 11.4. The van der Waals surface area contributed by atoms with Crippen LogP contribution in [-0.2, 0) is 4.79 Å². The lowest BCUT2D eigenvalue weighted by atomic mass is 10.1. The van der Waals surface area contributed by atoms with Gasteiger partial charge in [0.2, 0.25) is 5.91 Å². The maximum absolute atomic E-state index is 10.7. The molecule has 1 aromatic carbocycles. The first kappa shape index (κ1) is 14.3. The molecule has 1 amide bonds.